The lowest BCUT2D eigenvalue weighted by molar-refractivity contribution is 0.0816. The Labute approximate surface area is 152 Å². The molecule has 4 rings (SSSR count). The molecule has 26 heavy (non-hydrogen) atoms. The van der Waals surface area contributed by atoms with E-state index in [1.54, 1.807) is 18.8 Å². The van der Waals surface area contributed by atoms with Crippen LogP contribution in [0.15, 0.2) is 54.6 Å². The van der Waals surface area contributed by atoms with Crippen LogP contribution in [0.4, 0.5) is 11.4 Å². The van der Waals surface area contributed by atoms with Crippen molar-refractivity contribution in [1.82, 2.24) is 19.7 Å². The van der Waals surface area contributed by atoms with Crippen molar-refractivity contribution in [2.24, 2.45) is 0 Å². The Bertz CT molecular complexity index is 975. The molecule has 2 aromatic carbocycles. The number of carbonyl (C=O) groups is 1. The molecule has 132 valence electrons. The number of amides is 1. The highest BCUT2D eigenvalue weighted by Gasteiger charge is 2.42. The maximum absolute atomic E-state index is 12.4. The van der Waals surface area contributed by atoms with Crippen molar-refractivity contribution < 1.29 is 4.79 Å². The van der Waals surface area contributed by atoms with Crippen LogP contribution < -0.4 is 4.90 Å². The Morgan fingerprint density at radius 1 is 0.962 bits per heavy atom. The predicted molar refractivity (Wildman–Crippen MR) is 101 cm³/mol. The van der Waals surface area contributed by atoms with Gasteiger partial charge in [-0.05, 0) is 38.1 Å². The minimum absolute atomic E-state index is 0.202. The summed E-state index contributed by atoms with van der Waals surface area (Å²) in [5, 5.41) is 4.52. The SMILES string of the molecule is CN(C)C(=O)c1nc2n(n1)-c1ccccc1N(c1ccccc1)C2(C)C. The van der Waals surface area contributed by atoms with Gasteiger partial charge in [0.05, 0.1) is 16.9 Å². The topological polar surface area (TPSA) is 54.3 Å². The van der Waals surface area contributed by atoms with Gasteiger partial charge < -0.3 is 9.80 Å². The number of rotatable bonds is 2. The van der Waals surface area contributed by atoms with E-state index in [1.807, 2.05) is 36.4 Å². The molecule has 0 unspecified atom stereocenters. The molecule has 0 saturated carbocycles. The summed E-state index contributed by atoms with van der Waals surface area (Å²) in [7, 11) is 3.41. The number of carbonyl (C=O) groups excluding carboxylic acids is 1. The minimum Gasteiger partial charge on any atom is -0.342 e. The number of para-hydroxylation sites is 3. The molecule has 1 aliphatic rings. The van der Waals surface area contributed by atoms with Gasteiger partial charge in [-0.3, -0.25) is 4.79 Å². The minimum atomic E-state index is -0.479. The first-order valence-electron chi connectivity index (χ1n) is 8.55. The van der Waals surface area contributed by atoms with Crippen LogP contribution in [0.1, 0.15) is 30.3 Å². The van der Waals surface area contributed by atoms with Crippen LogP contribution in [0, 0.1) is 0 Å². The van der Waals surface area contributed by atoms with E-state index in [0.717, 1.165) is 22.9 Å². The summed E-state index contributed by atoms with van der Waals surface area (Å²) in [6.07, 6.45) is 0. The van der Waals surface area contributed by atoms with Crippen LogP contribution >= 0.6 is 0 Å². The van der Waals surface area contributed by atoms with Crippen LogP contribution in [0.25, 0.3) is 5.69 Å². The highest BCUT2D eigenvalue weighted by Crippen LogP contribution is 2.45. The largest absolute Gasteiger partial charge is 0.342 e. The van der Waals surface area contributed by atoms with Crippen molar-refractivity contribution in [1.29, 1.82) is 0 Å². The highest BCUT2D eigenvalue weighted by atomic mass is 16.2. The molecular formula is C20H21N5O. The molecule has 1 amide bonds. The van der Waals surface area contributed by atoms with Gasteiger partial charge in [-0.25, -0.2) is 9.67 Å². The van der Waals surface area contributed by atoms with E-state index >= 15 is 0 Å². The third-order valence-corrected chi connectivity index (χ3v) is 4.68. The third kappa shape index (κ3) is 2.29. The van der Waals surface area contributed by atoms with Crippen molar-refractivity contribution in [3.8, 4) is 5.69 Å². The van der Waals surface area contributed by atoms with Crippen LogP contribution in [0.5, 0.6) is 0 Å². The Kier molecular flexibility index (Phi) is 3.57. The summed E-state index contributed by atoms with van der Waals surface area (Å²) in [5.41, 5.74) is 2.54. The molecule has 0 radical (unpaired) electrons. The molecule has 2 heterocycles. The first-order valence-corrected chi connectivity index (χ1v) is 8.55. The first-order chi connectivity index (χ1) is 12.4. The van der Waals surface area contributed by atoms with Crippen LogP contribution in [0.3, 0.4) is 0 Å². The van der Waals surface area contributed by atoms with Crippen molar-refractivity contribution >= 4 is 17.3 Å². The molecule has 1 aliphatic heterocycles. The lowest BCUT2D eigenvalue weighted by Gasteiger charge is -2.43. The number of aromatic nitrogens is 3. The van der Waals surface area contributed by atoms with E-state index < -0.39 is 5.54 Å². The van der Waals surface area contributed by atoms with Gasteiger partial charge in [-0.15, -0.1) is 5.10 Å². The molecular weight excluding hydrogens is 326 g/mol. The van der Waals surface area contributed by atoms with E-state index in [2.05, 4.69) is 47.0 Å². The third-order valence-electron chi connectivity index (χ3n) is 4.68. The van der Waals surface area contributed by atoms with Gasteiger partial charge >= 0.3 is 0 Å². The van der Waals surface area contributed by atoms with Gasteiger partial charge in [0.25, 0.3) is 5.91 Å². The summed E-state index contributed by atoms with van der Waals surface area (Å²) in [5.74, 6) is 0.750. The van der Waals surface area contributed by atoms with Gasteiger partial charge in [0, 0.05) is 19.8 Å². The maximum atomic E-state index is 12.4. The smallest absolute Gasteiger partial charge is 0.293 e. The van der Waals surface area contributed by atoms with Crippen molar-refractivity contribution in [3.05, 3.63) is 66.2 Å². The number of nitrogens with zero attached hydrogens (tertiary/aromatic N) is 5. The first kappa shape index (κ1) is 16.3. The zero-order valence-electron chi connectivity index (χ0n) is 15.3. The van der Waals surface area contributed by atoms with E-state index in [4.69, 9.17) is 0 Å². The van der Waals surface area contributed by atoms with E-state index in [1.165, 1.54) is 4.90 Å². The van der Waals surface area contributed by atoms with Gasteiger partial charge in [0.15, 0.2) is 5.82 Å². The van der Waals surface area contributed by atoms with Crippen LogP contribution in [0.2, 0.25) is 0 Å². The van der Waals surface area contributed by atoms with Crippen LogP contribution in [-0.2, 0) is 5.54 Å². The van der Waals surface area contributed by atoms with E-state index in [-0.39, 0.29) is 11.7 Å². The van der Waals surface area contributed by atoms with Gasteiger partial charge in [0.2, 0.25) is 5.82 Å². The fourth-order valence-electron chi connectivity index (χ4n) is 3.44. The molecule has 6 nitrogen and oxygen atoms in total. The molecule has 0 N–H and O–H groups in total. The summed E-state index contributed by atoms with van der Waals surface area (Å²) < 4.78 is 1.80. The van der Waals surface area contributed by atoms with Crippen LogP contribution in [-0.4, -0.2) is 39.7 Å². The lowest BCUT2D eigenvalue weighted by Crippen LogP contribution is -2.44. The number of benzene rings is 2. The zero-order valence-corrected chi connectivity index (χ0v) is 15.3. The number of hydrogen-bond acceptors (Lipinski definition) is 4. The maximum Gasteiger partial charge on any atom is 0.293 e. The monoisotopic (exact) mass is 347 g/mol. The Morgan fingerprint density at radius 3 is 2.23 bits per heavy atom. The Balaban J connectivity index is 1.97. The number of anilines is 2. The van der Waals surface area contributed by atoms with Gasteiger partial charge in [-0.2, -0.15) is 0 Å². The molecule has 0 saturated heterocycles. The summed E-state index contributed by atoms with van der Waals surface area (Å²) in [6.45, 7) is 4.20. The van der Waals surface area contributed by atoms with Gasteiger partial charge in [-0.1, -0.05) is 30.3 Å². The molecule has 3 aromatic rings. The molecule has 1 aromatic heterocycles. The molecule has 0 fully saturated rings. The fraction of sp³-hybridized carbons (Fsp3) is 0.250. The molecule has 0 aliphatic carbocycles. The molecule has 0 atom stereocenters. The fourth-order valence-corrected chi connectivity index (χ4v) is 3.44. The lowest BCUT2D eigenvalue weighted by atomic mass is 9.95. The highest BCUT2D eigenvalue weighted by molar-refractivity contribution is 5.90. The van der Waals surface area contributed by atoms with E-state index in [9.17, 15) is 4.79 Å². The second-order valence-corrected chi connectivity index (χ2v) is 7.09. The Morgan fingerprint density at radius 2 is 1.58 bits per heavy atom. The second kappa shape index (κ2) is 5.69. The average molecular weight is 347 g/mol. The van der Waals surface area contributed by atoms with Crippen molar-refractivity contribution in [2.75, 3.05) is 19.0 Å². The van der Waals surface area contributed by atoms with Crippen molar-refractivity contribution in [2.45, 2.75) is 19.4 Å². The predicted octanol–water partition coefficient (Wildman–Crippen LogP) is 3.36. The zero-order chi connectivity index (χ0) is 18.5. The van der Waals surface area contributed by atoms with E-state index in [0.29, 0.717) is 0 Å². The summed E-state index contributed by atoms with van der Waals surface area (Å²) in [4.78, 5) is 20.8. The molecule has 0 spiro atoms. The summed E-state index contributed by atoms with van der Waals surface area (Å²) >= 11 is 0. The second-order valence-electron chi connectivity index (χ2n) is 7.09. The number of fused-ring (bicyclic) bond motifs is 3. The standard InChI is InChI=1S/C20H21N5O/c1-20(2)19-21-17(18(26)23(3)4)22-25(19)16-13-9-8-12-15(16)24(20)14-10-6-5-7-11-14/h5-13H,1-4H3. The molecule has 6 heteroatoms. The Hall–Kier alpha value is -3.15. The molecule has 0 bridgehead atoms. The normalized spacial score (nSPS) is 14.5. The number of hydrogen-bond donors (Lipinski definition) is 0. The van der Waals surface area contributed by atoms with Gasteiger partial charge in [0.1, 0.15) is 0 Å². The van der Waals surface area contributed by atoms with Crippen molar-refractivity contribution in [3.63, 3.8) is 0 Å². The quantitative estimate of drug-likeness (QED) is 0.713. The summed E-state index contributed by atoms with van der Waals surface area (Å²) in [6, 6.07) is 18.3. The average Bonchev–Trinajstić information content (AvgIpc) is 3.08.